The first-order chi connectivity index (χ1) is 22.5. The first kappa shape index (κ1) is 33.7. The van der Waals surface area contributed by atoms with Crippen LogP contribution in [0.5, 0.6) is 17.2 Å². The summed E-state index contributed by atoms with van der Waals surface area (Å²) in [5, 5.41) is 63.1. The number of hydrogen-bond donors (Lipinski definition) is 6. The van der Waals surface area contributed by atoms with E-state index >= 15 is 0 Å². The SMILES string of the molecule is CC1CCN(Cc2c(O)c(CN3CCC(C)CC3)c3occ(-c4ccc(O[C@H]5O[C@@H](CO)[C@H](O)[C@@H](O)[C@@H]5O)cc4)c(=O)c3c2O)CC1. The molecule has 6 rings (SSSR count). The molecule has 6 N–H and O–H groups in total. The van der Waals surface area contributed by atoms with Gasteiger partial charge in [-0.1, -0.05) is 26.0 Å². The summed E-state index contributed by atoms with van der Waals surface area (Å²) in [4.78, 5) is 18.6. The van der Waals surface area contributed by atoms with Crippen molar-refractivity contribution in [3.8, 4) is 28.4 Å². The van der Waals surface area contributed by atoms with Gasteiger partial charge in [0.2, 0.25) is 11.7 Å². The van der Waals surface area contributed by atoms with Crippen LogP contribution in [0.1, 0.15) is 50.7 Å². The van der Waals surface area contributed by atoms with E-state index < -0.39 is 42.7 Å². The Labute approximate surface area is 273 Å². The molecule has 5 atom stereocenters. The Kier molecular flexibility index (Phi) is 10.1. The van der Waals surface area contributed by atoms with Crippen LogP contribution in [-0.2, 0) is 17.8 Å². The second-order valence-corrected chi connectivity index (χ2v) is 13.6. The van der Waals surface area contributed by atoms with E-state index in [1.807, 2.05) is 0 Å². The van der Waals surface area contributed by atoms with Crippen molar-refractivity contribution in [1.29, 1.82) is 0 Å². The highest BCUT2D eigenvalue weighted by Crippen LogP contribution is 2.41. The van der Waals surface area contributed by atoms with Gasteiger partial charge in [0, 0.05) is 13.1 Å². The predicted molar refractivity (Wildman–Crippen MR) is 173 cm³/mol. The second-order valence-electron chi connectivity index (χ2n) is 13.6. The molecule has 256 valence electrons. The smallest absolute Gasteiger partial charge is 0.229 e. The molecule has 0 aliphatic carbocycles. The highest BCUT2D eigenvalue weighted by Gasteiger charge is 2.44. The van der Waals surface area contributed by atoms with Gasteiger partial charge >= 0.3 is 0 Å². The molecule has 3 aliphatic rings. The van der Waals surface area contributed by atoms with Gasteiger partial charge in [0.05, 0.1) is 23.3 Å². The summed E-state index contributed by atoms with van der Waals surface area (Å²) in [6.45, 7) is 7.99. The summed E-state index contributed by atoms with van der Waals surface area (Å²) < 4.78 is 17.2. The Morgan fingerprint density at radius 3 is 1.96 bits per heavy atom. The Balaban J connectivity index is 1.33. The van der Waals surface area contributed by atoms with E-state index in [0.717, 1.165) is 51.9 Å². The summed E-state index contributed by atoms with van der Waals surface area (Å²) in [6, 6.07) is 6.31. The molecule has 0 unspecified atom stereocenters. The fourth-order valence-corrected chi connectivity index (χ4v) is 6.85. The molecule has 1 aromatic heterocycles. The van der Waals surface area contributed by atoms with E-state index in [4.69, 9.17) is 13.9 Å². The topological polar surface area (TPSA) is 177 Å². The second kappa shape index (κ2) is 14.1. The maximum atomic E-state index is 14.1. The lowest BCUT2D eigenvalue weighted by molar-refractivity contribution is -0.277. The Morgan fingerprint density at radius 1 is 0.809 bits per heavy atom. The molecular weight excluding hydrogens is 608 g/mol. The first-order valence-electron chi connectivity index (χ1n) is 16.6. The van der Waals surface area contributed by atoms with E-state index in [1.54, 1.807) is 24.3 Å². The van der Waals surface area contributed by atoms with Crippen molar-refractivity contribution < 1.29 is 44.5 Å². The van der Waals surface area contributed by atoms with Crippen molar-refractivity contribution >= 4 is 11.0 Å². The van der Waals surface area contributed by atoms with Gasteiger partial charge in [-0.2, -0.15) is 0 Å². The van der Waals surface area contributed by atoms with Crippen molar-refractivity contribution in [1.82, 2.24) is 9.80 Å². The number of likely N-dealkylation sites (tertiary alicyclic amines) is 2. The van der Waals surface area contributed by atoms with Crippen LogP contribution in [0.3, 0.4) is 0 Å². The standard InChI is InChI=1S/C35H46N2O10/c1-19-7-11-36(12-8-19)15-23-28(39)24(16-37-13-9-20(2)10-14-37)34-27(29(23)40)30(41)25(18-45-34)21-3-5-22(6-4-21)46-35-33(44)32(43)31(42)26(17-38)47-35/h3-6,18-20,26,31-33,35,38-40,42-44H,7-17H2,1-2H3/t26-,31-,32+,33-,35-/m0/s1. The van der Waals surface area contributed by atoms with E-state index in [1.165, 1.54) is 6.26 Å². The largest absolute Gasteiger partial charge is 0.507 e. The third-order valence-corrected chi connectivity index (χ3v) is 10.1. The highest BCUT2D eigenvalue weighted by atomic mass is 16.7. The third kappa shape index (κ3) is 6.86. The number of aliphatic hydroxyl groups excluding tert-OH is 4. The normalized spacial score (nSPS) is 27.0. The van der Waals surface area contributed by atoms with Crippen LogP contribution in [0, 0.1) is 11.8 Å². The molecule has 0 amide bonds. The number of nitrogens with zero attached hydrogens (tertiary/aromatic N) is 2. The molecule has 3 aromatic rings. The molecule has 3 fully saturated rings. The Morgan fingerprint density at radius 2 is 1.38 bits per heavy atom. The number of benzene rings is 2. The van der Waals surface area contributed by atoms with Crippen LogP contribution in [0.4, 0.5) is 0 Å². The van der Waals surface area contributed by atoms with E-state index in [-0.39, 0.29) is 33.8 Å². The van der Waals surface area contributed by atoms with Crippen molar-refractivity contribution in [2.45, 2.75) is 83.3 Å². The molecule has 0 saturated carbocycles. The number of fused-ring (bicyclic) bond motifs is 1. The Bertz CT molecular complexity index is 1590. The molecule has 0 spiro atoms. The van der Waals surface area contributed by atoms with E-state index in [9.17, 15) is 35.4 Å². The minimum Gasteiger partial charge on any atom is -0.507 e. The van der Waals surface area contributed by atoms with Crippen LogP contribution in [0.2, 0.25) is 0 Å². The first-order valence-corrected chi connectivity index (χ1v) is 16.6. The molecule has 3 saturated heterocycles. The molecule has 12 nitrogen and oxygen atoms in total. The zero-order valence-corrected chi connectivity index (χ0v) is 26.9. The summed E-state index contributed by atoms with van der Waals surface area (Å²) in [5.41, 5.74) is 1.25. The number of hydrogen-bond acceptors (Lipinski definition) is 12. The fourth-order valence-electron chi connectivity index (χ4n) is 6.85. The summed E-state index contributed by atoms with van der Waals surface area (Å²) in [5.74, 6) is 1.18. The monoisotopic (exact) mass is 654 g/mol. The molecule has 0 radical (unpaired) electrons. The molecule has 2 aromatic carbocycles. The van der Waals surface area contributed by atoms with Gasteiger partial charge in [-0.25, -0.2) is 0 Å². The number of ether oxygens (including phenoxy) is 2. The number of rotatable bonds is 8. The van der Waals surface area contributed by atoms with E-state index in [0.29, 0.717) is 41.6 Å². The molecule has 12 heteroatoms. The van der Waals surface area contributed by atoms with Crippen LogP contribution in [0.25, 0.3) is 22.1 Å². The number of aliphatic hydroxyl groups is 4. The summed E-state index contributed by atoms with van der Waals surface area (Å²) in [6.07, 6.45) is -1.64. The minimum absolute atomic E-state index is 0.0298. The van der Waals surface area contributed by atoms with Crippen molar-refractivity contribution in [2.24, 2.45) is 11.8 Å². The quantitative estimate of drug-likeness (QED) is 0.210. The molecule has 0 bridgehead atoms. The number of phenolic OH excluding ortho intramolecular Hbond substituents is 2. The predicted octanol–water partition coefficient (Wildman–Crippen LogP) is 2.51. The Hall–Kier alpha value is -3.23. The van der Waals surface area contributed by atoms with Gasteiger partial charge in [-0.05, 0) is 81.4 Å². The average Bonchev–Trinajstić information content (AvgIpc) is 3.07. The van der Waals surface area contributed by atoms with Crippen LogP contribution < -0.4 is 10.2 Å². The molecule has 4 heterocycles. The van der Waals surface area contributed by atoms with Crippen molar-refractivity contribution in [2.75, 3.05) is 32.8 Å². The third-order valence-electron chi connectivity index (χ3n) is 10.1. The number of phenols is 2. The van der Waals surface area contributed by atoms with Gasteiger partial charge in [0.15, 0.2) is 0 Å². The van der Waals surface area contributed by atoms with Crippen LogP contribution in [-0.4, -0.2) is 104 Å². The van der Waals surface area contributed by atoms with Crippen LogP contribution >= 0.6 is 0 Å². The van der Waals surface area contributed by atoms with Gasteiger partial charge in [-0.3, -0.25) is 14.6 Å². The lowest BCUT2D eigenvalue weighted by atomic mass is 9.95. The zero-order chi connectivity index (χ0) is 33.4. The van der Waals surface area contributed by atoms with E-state index in [2.05, 4.69) is 23.6 Å². The number of aromatic hydroxyl groups is 2. The maximum absolute atomic E-state index is 14.1. The lowest BCUT2D eigenvalue weighted by Gasteiger charge is -2.39. The lowest BCUT2D eigenvalue weighted by Crippen LogP contribution is -2.60. The van der Waals surface area contributed by atoms with Crippen molar-refractivity contribution in [3.63, 3.8) is 0 Å². The molecular formula is C35H46N2O10. The van der Waals surface area contributed by atoms with Gasteiger partial charge in [0.1, 0.15) is 58.9 Å². The van der Waals surface area contributed by atoms with Crippen molar-refractivity contribution in [3.05, 3.63) is 51.9 Å². The summed E-state index contributed by atoms with van der Waals surface area (Å²) in [7, 11) is 0. The average molecular weight is 655 g/mol. The number of piperidine rings is 2. The maximum Gasteiger partial charge on any atom is 0.229 e. The highest BCUT2D eigenvalue weighted by molar-refractivity contribution is 5.92. The fraction of sp³-hybridized carbons (Fsp3) is 0.571. The minimum atomic E-state index is -1.58. The molecule has 47 heavy (non-hydrogen) atoms. The van der Waals surface area contributed by atoms with Gasteiger partial charge in [0.25, 0.3) is 0 Å². The van der Waals surface area contributed by atoms with Gasteiger partial charge < -0.3 is 44.5 Å². The summed E-state index contributed by atoms with van der Waals surface area (Å²) >= 11 is 0. The molecule has 3 aliphatic heterocycles. The van der Waals surface area contributed by atoms with Gasteiger partial charge in [-0.15, -0.1) is 0 Å². The van der Waals surface area contributed by atoms with Crippen LogP contribution in [0.15, 0.2) is 39.7 Å². The zero-order valence-electron chi connectivity index (χ0n) is 26.9.